The molecule has 4 aromatic rings. The molecule has 0 saturated heterocycles. The molecule has 0 amide bonds. The third-order valence-electron chi connectivity index (χ3n) is 6.78. The van der Waals surface area contributed by atoms with E-state index in [2.05, 4.69) is 60.5 Å². The third kappa shape index (κ3) is 7.48. The molecule has 0 radical (unpaired) electrons. The van der Waals surface area contributed by atoms with Gasteiger partial charge in [0.15, 0.2) is 5.43 Å². The number of nitrogens with zero attached hydrogens (tertiary/aromatic N) is 1. The SMILES string of the molecule is Cn1cc(-c2cccc(S(=O)(=O)c3cccc(I)c3)c2)c(=O)c(-c2cccc(CCCCCC(Br)Br)c2CCl)c1. The lowest BCUT2D eigenvalue weighted by Crippen LogP contribution is -2.13. The topological polar surface area (TPSA) is 56.1 Å². The summed E-state index contributed by atoms with van der Waals surface area (Å²) in [5.41, 5.74) is 4.31. The van der Waals surface area contributed by atoms with Gasteiger partial charge in [-0.15, -0.1) is 11.6 Å². The van der Waals surface area contributed by atoms with Crippen LogP contribution in [0.3, 0.4) is 0 Å². The number of unbranched alkanes of at least 4 members (excludes halogenated alkanes) is 2. The maximum Gasteiger partial charge on any atom is 0.206 e. The van der Waals surface area contributed by atoms with Crippen LogP contribution >= 0.6 is 66.1 Å². The van der Waals surface area contributed by atoms with E-state index in [1.165, 1.54) is 0 Å². The van der Waals surface area contributed by atoms with Crippen molar-refractivity contribution in [2.75, 3.05) is 0 Å². The number of aromatic nitrogens is 1. The molecule has 0 fully saturated rings. The Morgan fingerprint density at radius 3 is 2.25 bits per heavy atom. The lowest BCUT2D eigenvalue weighted by atomic mass is 9.92. The fourth-order valence-electron chi connectivity index (χ4n) is 4.78. The normalized spacial score (nSPS) is 11.8. The summed E-state index contributed by atoms with van der Waals surface area (Å²) in [4.78, 5) is 14.3. The Bertz CT molecular complexity index is 1670. The predicted molar refractivity (Wildman–Crippen MR) is 181 cm³/mol. The maximum absolute atomic E-state index is 13.9. The molecule has 0 spiro atoms. The van der Waals surface area contributed by atoms with Gasteiger partial charge in [0, 0.05) is 40.0 Å². The minimum atomic E-state index is -3.75. The van der Waals surface area contributed by atoms with Gasteiger partial charge in [-0.1, -0.05) is 81.1 Å². The summed E-state index contributed by atoms with van der Waals surface area (Å²) < 4.78 is 29.8. The average Bonchev–Trinajstić information content (AvgIpc) is 2.93. The zero-order valence-corrected chi connectivity index (χ0v) is 28.8. The van der Waals surface area contributed by atoms with Crippen molar-refractivity contribution in [2.45, 2.75) is 51.5 Å². The Kier molecular flexibility index (Phi) is 11.1. The number of sulfone groups is 1. The van der Waals surface area contributed by atoms with Crippen LogP contribution in [0.4, 0.5) is 0 Å². The number of pyridine rings is 1. The van der Waals surface area contributed by atoms with E-state index in [1.54, 1.807) is 48.7 Å². The highest BCUT2D eigenvalue weighted by Crippen LogP contribution is 2.30. The van der Waals surface area contributed by atoms with Crippen LogP contribution in [0.2, 0.25) is 0 Å². The number of halogens is 4. The van der Waals surface area contributed by atoms with E-state index in [1.807, 2.05) is 36.0 Å². The Hall–Kier alpha value is -1.46. The standard InChI is InChI=1S/C31H29Br2ClINO3S/c1-36-19-28(22-10-5-12-24(16-22)40(38,39)25-13-7-11-23(35)17-25)31(37)29(20-36)26-14-6-9-21(27(26)18-34)8-3-2-4-15-30(32)33/h5-7,9-14,16-17,19-20,30H,2-4,8,15,18H2,1H3. The zero-order chi connectivity index (χ0) is 28.9. The second-order valence-electron chi connectivity index (χ2n) is 9.64. The Balaban J connectivity index is 1.72. The predicted octanol–water partition coefficient (Wildman–Crippen LogP) is 9.11. The van der Waals surface area contributed by atoms with Crippen molar-refractivity contribution in [3.8, 4) is 22.3 Å². The van der Waals surface area contributed by atoms with Crippen LogP contribution in [0.25, 0.3) is 22.3 Å². The second kappa shape index (κ2) is 14.1. The molecule has 40 heavy (non-hydrogen) atoms. The van der Waals surface area contributed by atoms with Crippen LogP contribution in [0.5, 0.6) is 0 Å². The molecule has 4 rings (SSSR count). The molecule has 0 aliphatic heterocycles. The smallest absolute Gasteiger partial charge is 0.206 e. The second-order valence-corrected chi connectivity index (χ2v) is 16.5. The molecular weight excluding hydrogens is 789 g/mol. The van der Waals surface area contributed by atoms with Crippen molar-refractivity contribution in [2.24, 2.45) is 7.05 Å². The quantitative estimate of drug-likeness (QED) is 0.0863. The summed E-state index contributed by atoms with van der Waals surface area (Å²) in [5.74, 6) is 0.299. The summed E-state index contributed by atoms with van der Waals surface area (Å²) in [6, 6.07) is 19.4. The minimum absolute atomic E-state index is 0.147. The first kappa shape index (κ1) is 31.5. The molecule has 0 bridgehead atoms. The lowest BCUT2D eigenvalue weighted by molar-refractivity contribution is 0.596. The van der Waals surface area contributed by atoms with Gasteiger partial charge in [-0.05, 0) is 94.4 Å². The van der Waals surface area contributed by atoms with Crippen molar-refractivity contribution < 1.29 is 8.42 Å². The van der Waals surface area contributed by atoms with Crippen LogP contribution in [-0.4, -0.2) is 16.7 Å². The molecule has 210 valence electrons. The van der Waals surface area contributed by atoms with Gasteiger partial charge in [0.2, 0.25) is 9.84 Å². The number of hydrogen-bond acceptors (Lipinski definition) is 3. The molecule has 3 aromatic carbocycles. The number of hydrogen-bond donors (Lipinski definition) is 0. The van der Waals surface area contributed by atoms with E-state index >= 15 is 0 Å². The molecule has 1 heterocycles. The molecule has 4 nitrogen and oxygen atoms in total. The van der Waals surface area contributed by atoms with E-state index in [4.69, 9.17) is 11.6 Å². The Morgan fingerprint density at radius 2 is 1.55 bits per heavy atom. The van der Waals surface area contributed by atoms with E-state index in [0.29, 0.717) is 26.3 Å². The maximum atomic E-state index is 13.9. The van der Waals surface area contributed by atoms with Gasteiger partial charge < -0.3 is 4.57 Å². The summed E-state index contributed by atoms with van der Waals surface area (Å²) in [7, 11) is -1.88. The van der Waals surface area contributed by atoms with Gasteiger partial charge in [-0.25, -0.2) is 8.42 Å². The molecular formula is C31H29Br2ClINO3S. The first-order valence-electron chi connectivity index (χ1n) is 12.9. The van der Waals surface area contributed by atoms with Crippen molar-refractivity contribution in [3.63, 3.8) is 0 Å². The van der Waals surface area contributed by atoms with E-state index < -0.39 is 9.84 Å². The lowest BCUT2D eigenvalue weighted by Gasteiger charge is -2.15. The largest absolute Gasteiger partial charge is 0.356 e. The number of rotatable bonds is 11. The van der Waals surface area contributed by atoms with Crippen LogP contribution in [0.15, 0.2) is 93.7 Å². The molecule has 0 N–H and O–H groups in total. The molecule has 0 saturated carbocycles. The number of benzene rings is 3. The first-order chi connectivity index (χ1) is 19.1. The van der Waals surface area contributed by atoms with Crippen molar-refractivity contribution in [3.05, 3.63) is 104 Å². The van der Waals surface area contributed by atoms with Gasteiger partial charge in [-0.3, -0.25) is 4.79 Å². The number of aryl methyl sites for hydroxylation is 2. The van der Waals surface area contributed by atoms with E-state index in [-0.39, 0.29) is 15.2 Å². The Morgan fingerprint density at radius 1 is 0.875 bits per heavy atom. The van der Waals surface area contributed by atoms with Gasteiger partial charge in [0.25, 0.3) is 0 Å². The van der Waals surface area contributed by atoms with Crippen molar-refractivity contribution in [1.82, 2.24) is 4.57 Å². The van der Waals surface area contributed by atoms with Crippen LogP contribution < -0.4 is 5.43 Å². The minimum Gasteiger partial charge on any atom is -0.356 e. The van der Waals surface area contributed by atoms with Gasteiger partial charge >= 0.3 is 0 Å². The summed E-state index contributed by atoms with van der Waals surface area (Å²) in [6.07, 6.45) is 8.80. The average molecular weight is 818 g/mol. The highest BCUT2D eigenvalue weighted by atomic mass is 127. The molecule has 1 aromatic heterocycles. The molecule has 0 aliphatic carbocycles. The zero-order valence-electron chi connectivity index (χ0n) is 21.9. The van der Waals surface area contributed by atoms with Crippen molar-refractivity contribution in [1.29, 1.82) is 0 Å². The van der Waals surface area contributed by atoms with E-state index in [0.717, 1.165) is 52.4 Å². The van der Waals surface area contributed by atoms with Crippen LogP contribution in [0.1, 0.15) is 36.8 Å². The van der Waals surface area contributed by atoms with E-state index in [9.17, 15) is 13.2 Å². The number of alkyl halides is 3. The van der Waals surface area contributed by atoms with Crippen molar-refractivity contribution >= 4 is 75.9 Å². The van der Waals surface area contributed by atoms with Crippen LogP contribution in [0, 0.1) is 3.57 Å². The van der Waals surface area contributed by atoms with Gasteiger partial charge in [0.05, 0.1) is 13.5 Å². The molecule has 9 heteroatoms. The summed E-state index contributed by atoms with van der Waals surface area (Å²) in [5, 5.41) is 0. The fourth-order valence-corrected chi connectivity index (χ4v) is 7.84. The third-order valence-corrected chi connectivity index (χ3v) is 10.4. The molecule has 0 unspecified atom stereocenters. The molecule has 0 atom stereocenters. The summed E-state index contributed by atoms with van der Waals surface area (Å²) in [6.45, 7) is 0. The van der Waals surface area contributed by atoms with Gasteiger partial charge in [-0.2, -0.15) is 0 Å². The first-order valence-corrected chi connectivity index (χ1v) is 17.8. The summed E-state index contributed by atoms with van der Waals surface area (Å²) >= 11 is 15.6. The highest BCUT2D eigenvalue weighted by molar-refractivity contribution is 14.1. The van der Waals surface area contributed by atoms with Gasteiger partial charge in [0.1, 0.15) is 0 Å². The fraction of sp³-hybridized carbons (Fsp3) is 0.258. The highest BCUT2D eigenvalue weighted by Gasteiger charge is 2.20. The Labute approximate surface area is 271 Å². The molecule has 0 aliphatic rings. The van der Waals surface area contributed by atoms with Crippen LogP contribution in [-0.2, 0) is 29.2 Å². The monoisotopic (exact) mass is 815 g/mol.